The van der Waals surface area contributed by atoms with Crippen LogP contribution in [0, 0.1) is 5.92 Å². The molecule has 0 saturated carbocycles. The predicted molar refractivity (Wildman–Crippen MR) is 93.7 cm³/mol. The predicted octanol–water partition coefficient (Wildman–Crippen LogP) is 2.00. The van der Waals surface area contributed by atoms with Gasteiger partial charge in [0, 0.05) is 31.0 Å². The highest BCUT2D eigenvalue weighted by Gasteiger charge is 2.36. The van der Waals surface area contributed by atoms with Crippen molar-refractivity contribution in [2.24, 2.45) is 11.7 Å². The fourth-order valence-corrected chi connectivity index (χ4v) is 3.22. The number of nitrogens with one attached hydrogen (secondary N) is 1. The number of likely N-dealkylation sites (tertiary alicyclic amines) is 1. The van der Waals surface area contributed by atoms with Crippen molar-refractivity contribution in [1.29, 1.82) is 0 Å². The number of piperidine rings is 1. The van der Waals surface area contributed by atoms with Crippen LogP contribution in [-0.4, -0.2) is 36.9 Å². The van der Waals surface area contributed by atoms with Gasteiger partial charge in [-0.05, 0) is 43.4 Å². The fraction of sp³-hybridized carbons (Fsp3) is 0.529. The molecule has 1 aliphatic heterocycles. The number of nitrogens with two attached hydrogens (primary N) is 1. The van der Waals surface area contributed by atoms with Crippen molar-refractivity contribution in [1.82, 2.24) is 10.2 Å². The van der Waals surface area contributed by atoms with Crippen molar-refractivity contribution in [3.05, 3.63) is 34.3 Å². The Morgan fingerprint density at radius 2 is 1.87 bits per heavy atom. The van der Waals surface area contributed by atoms with E-state index in [-0.39, 0.29) is 11.8 Å². The van der Waals surface area contributed by atoms with E-state index in [1.807, 2.05) is 29.2 Å². The Labute approximate surface area is 145 Å². The van der Waals surface area contributed by atoms with Gasteiger partial charge in [0.15, 0.2) is 0 Å². The summed E-state index contributed by atoms with van der Waals surface area (Å²) in [6.45, 7) is 3.07. The van der Waals surface area contributed by atoms with Crippen molar-refractivity contribution in [3.63, 3.8) is 0 Å². The SMILES string of the molecule is CNC(=O)CC1CCN(C(=O)C(C)(N)c2ccc(Br)cc2)CC1. The van der Waals surface area contributed by atoms with E-state index in [1.54, 1.807) is 14.0 Å². The van der Waals surface area contributed by atoms with Crippen LogP contribution in [0.2, 0.25) is 0 Å². The molecule has 23 heavy (non-hydrogen) atoms. The summed E-state index contributed by atoms with van der Waals surface area (Å²) in [6, 6.07) is 7.53. The van der Waals surface area contributed by atoms with Gasteiger partial charge >= 0.3 is 0 Å². The number of rotatable bonds is 4. The number of hydrogen-bond acceptors (Lipinski definition) is 3. The van der Waals surface area contributed by atoms with Gasteiger partial charge in [0.1, 0.15) is 5.54 Å². The molecule has 1 aromatic carbocycles. The average Bonchev–Trinajstić information content (AvgIpc) is 2.55. The lowest BCUT2D eigenvalue weighted by Crippen LogP contribution is -2.53. The van der Waals surface area contributed by atoms with E-state index in [9.17, 15) is 9.59 Å². The Morgan fingerprint density at radius 3 is 2.39 bits per heavy atom. The monoisotopic (exact) mass is 381 g/mol. The first-order chi connectivity index (χ1) is 10.8. The van der Waals surface area contributed by atoms with Crippen LogP contribution in [0.3, 0.4) is 0 Å². The maximum absolute atomic E-state index is 12.8. The smallest absolute Gasteiger partial charge is 0.246 e. The highest BCUT2D eigenvalue weighted by atomic mass is 79.9. The number of carbonyl (C=O) groups excluding carboxylic acids is 2. The van der Waals surface area contributed by atoms with Crippen LogP contribution in [0.1, 0.15) is 31.7 Å². The van der Waals surface area contributed by atoms with Gasteiger partial charge in [0.25, 0.3) is 0 Å². The molecule has 2 amide bonds. The number of benzene rings is 1. The summed E-state index contributed by atoms with van der Waals surface area (Å²) in [7, 11) is 1.65. The van der Waals surface area contributed by atoms with Gasteiger partial charge in [-0.15, -0.1) is 0 Å². The third-order valence-electron chi connectivity index (χ3n) is 4.54. The molecule has 0 radical (unpaired) electrons. The minimum atomic E-state index is -1.03. The summed E-state index contributed by atoms with van der Waals surface area (Å²) < 4.78 is 0.958. The van der Waals surface area contributed by atoms with Gasteiger partial charge in [-0.1, -0.05) is 28.1 Å². The number of nitrogens with zero attached hydrogens (tertiary/aromatic N) is 1. The first-order valence-corrected chi connectivity index (χ1v) is 8.68. The lowest BCUT2D eigenvalue weighted by atomic mass is 9.88. The Bertz CT molecular complexity index is 564. The second-order valence-corrected chi connectivity index (χ2v) is 7.24. The van der Waals surface area contributed by atoms with Crippen LogP contribution in [0.4, 0.5) is 0 Å². The molecule has 2 rings (SSSR count). The van der Waals surface area contributed by atoms with E-state index in [1.165, 1.54) is 0 Å². The summed E-state index contributed by atoms with van der Waals surface area (Å²) >= 11 is 3.39. The van der Waals surface area contributed by atoms with Crippen molar-refractivity contribution < 1.29 is 9.59 Å². The van der Waals surface area contributed by atoms with Crippen molar-refractivity contribution in [2.75, 3.05) is 20.1 Å². The molecule has 6 heteroatoms. The third kappa shape index (κ3) is 4.32. The van der Waals surface area contributed by atoms with Gasteiger partial charge in [0.05, 0.1) is 0 Å². The quantitative estimate of drug-likeness (QED) is 0.837. The first kappa shape index (κ1) is 17.9. The van der Waals surface area contributed by atoms with Crippen LogP contribution in [0.5, 0.6) is 0 Å². The molecule has 1 unspecified atom stereocenters. The molecule has 1 heterocycles. The molecule has 0 aromatic heterocycles. The Morgan fingerprint density at radius 1 is 1.30 bits per heavy atom. The average molecular weight is 382 g/mol. The molecule has 0 spiro atoms. The molecule has 126 valence electrons. The Kier molecular flexibility index (Phi) is 5.81. The molecule has 1 fully saturated rings. The summed E-state index contributed by atoms with van der Waals surface area (Å²) in [6.07, 6.45) is 2.22. The van der Waals surface area contributed by atoms with Crippen LogP contribution in [0.15, 0.2) is 28.7 Å². The van der Waals surface area contributed by atoms with E-state index in [2.05, 4.69) is 21.2 Å². The van der Waals surface area contributed by atoms with E-state index < -0.39 is 5.54 Å². The molecule has 1 aliphatic rings. The molecule has 0 aliphatic carbocycles. The zero-order valence-corrected chi connectivity index (χ0v) is 15.2. The third-order valence-corrected chi connectivity index (χ3v) is 5.07. The normalized spacial score (nSPS) is 18.3. The Balaban J connectivity index is 1.98. The molecule has 1 saturated heterocycles. The summed E-state index contributed by atoms with van der Waals surface area (Å²) in [5.41, 5.74) is 6.10. The number of halogens is 1. The maximum Gasteiger partial charge on any atom is 0.246 e. The van der Waals surface area contributed by atoms with E-state index in [0.717, 1.165) is 22.9 Å². The van der Waals surface area contributed by atoms with Crippen molar-refractivity contribution >= 4 is 27.7 Å². The second kappa shape index (κ2) is 7.45. The minimum Gasteiger partial charge on any atom is -0.359 e. The summed E-state index contributed by atoms with van der Waals surface area (Å²) in [4.78, 5) is 26.1. The van der Waals surface area contributed by atoms with Crippen molar-refractivity contribution in [3.8, 4) is 0 Å². The van der Waals surface area contributed by atoms with Crippen LogP contribution >= 0.6 is 15.9 Å². The zero-order chi connectivity index (χ0) is 17.0. The maximum atomic E-state index is 12.8. The van der Waals surface area contributed by atoms with Crippen LogP contribution < -0.4 is 11.1 Å². The largest absolute Gasteiger partial charge is 0.359 e. The first-order valence-electron chi connectivity index (χ1n) is 7.89. The van der Waals surface area contributed by atoms with Gasteiger partial charge in [0.2, 0.25) is 11.8 Å². The zero-order valence-electron chi connectivity index (χ0n) is 13.6. The lowest BCUT2D eigenvalue weighted by Gasteiger charge is -2.37. The molecular formula is C17H24BrN3O2. The topological polar surface area (TPSA) is 75.4 Å². The van der Waals surface area contributed by atoms with E-state index in [4.69, 9.17) is 5.73 Å². The van der Waals surface area contributed by atoms with Crippen molar-refractivity contribution in [2.45, 2.75) is 31.7 Å². The number of hydrogen-bond donors (Lipinski definition) is 2. The highest BCUT2D eigenvalue weighted by molar-refractivity contribution is 9.10. The molecule has 3 N–H and O–H groups in total. The van der Waals surface area contributed by atoms with Gasteiger partial charge in [-0.3, -0.25) is 9.59 Å². The molecule has 1 aromatic rings. The van der Waals surface area contributed by atoms with Gasteiger partial charge < -0.3 is 16.0 Å². The second-order valence-electron chi connectivity index (χ2n) is 6.32. The Hall–Kier alpha value is -1.40. The molecule has 1 atom stereocenters. The van der Waals surface area contributed by atoms with Gasteiger partial charge in [-0.25, -0.2) is 0 Å². The highest BCUT2D eigenvalue weighted by Crippen LogP contribution is 2.26. The number of carbonyl (C=O) groups is 2. The minimum absolute atomic E-state index is 0.0572. The molecular weight excluding hydrogens is 358 g/mol. The fourth-order valence-electron chi connectivity index (χ4n) is 2.95. The van der Waals surface area contributed by atoms with Gasteiger partial charge in [-0.2, -0.15) is 0 Å². The van der Waals surface area contributed by atoms with Crippen LogP contribution in [0.25, 0.3) is 0 Å². The molecule has 0 bridgehead atoms. The van der Waals surface area contributed by atoms with E-state index in [0.29, 0.717) is 25.4 Å². The van der Waals surface area contributed by atoms with Crippen LogP contribution in [-0.2, 0) is 15.1 Å². The summed E-state index contributed by atoms with van der Waals surface area (Å²) in [5.74, 6) is 0.349. The number of amides is 2. The lowest BCUT2D eigenvalue weighted by molar-refractivity contribution is -0.138. The standard InChI is InChI=1S/C17H24BrN3O2/c1-17(19,13-3-5-14(18)6-4-13)16(23)21-9-7-12(8-10-21)11-15(22)20-2/h3-6,12H,7-11,19H2,1-2H3,(H,20,22). The summed E-state index contributed by atoms with van der Waals surface area (Å²) in [5, 5.41) is 2.65. The molecule has 5 nitrogen and oxygen atoms in total. The van der Waals surface area contributed by atoms with E-state index >= 15 is 0 Å².